The number of nitrogens with zero attached hydrogens (tertiary/aromatic N) is 3. The Hall–Kier alpha value is -1.84. The number of hydrogen-bond acceptors (Lipinski definition) is 3. The van der Waals surface area contributed by atoms with Crippen molar-refractivity contribution in [1.29, 1.82) is 0 Å². The maximum Gasteiger partial charge on any atom is 0.123 e. The van der Waals surface area contributed by atoms with Gasteiger partial charge in [0.05, 0.1) is 5.69 Å². The van der Waals surface area contributed by atoms with Crippen LogP contribution in [0.1, 0.15) is 12.6 Å². The summed E-state index contributed by atoms with van der Waals surface area (Å²) >= 11 is 0. The molecule has 0 bridgehead atoms. The first kappa shape index (κ1) is 9.71. The Labute approximate surface area is 88.8 Å². The van der Waals surface area contributed by atoms with Gasteiger partial charge in [0.15, 0.2) is 0 Å². The van der Waals surface area contributed by atoms with Gasteiger partial charge in [0.25, 0.3) is 0 Å². The molecule has 2 N–H and O–H groups in total. The topological polar surface area (TPSA) is 56.7 Å². The quantitative estimate of drug-likeness (QED) is 0.808. The summed E-state index contributed by atoms with van der Waals surface area (Å²) < 4.78 is 1.94. The molecule has 0 spiro atoms. The number of rotatable bonds is 2. The molecule has 0 aliphatic carbocycles. The van der Waals surface area contributed by atoms with Gasteiger partial charge in [-0.05, 0) is 32.0 Å². The Kier molecular flexibility index (Phi) is 2.41. The lowest BCUT2D eigenvalue weighted by Crippen LogP contribution is -2.01. The van der Waals surface area contributed by atoms with Crippen molar-refractivity contribution < 1.29 is 0 Å². The summed E-state index contributed by atoms with van der Waals surface area (Å²) in [6, 6.07) is 5.79. The molecule has 0 aliphatic rings. The van der Waals surface area contributed by atoms with Crippen LogP contribution in [-0.2, 0) is 6.54 Å². The lowest BCUT2D eigenvalue weighted by Gasteiger charge is -2.07. The third-order valence-corrected chi connectivity index (χ3v) is 2.40. The lowest BCUT2D eigenvalue weighted by atomic mass is 10.1. The van der Waals surface area contributed by atoms with Crippen molar-refractivity contribution in [2.24, 2.45) is 0 Å². The molecule has 0 saturated heterocycles. The second kappa shape index (κ2) is 3.73. The van der Waals surface area contributed by atoms with Crippen LogP contribution in [0.4, 0.5) is 5.82 Å². The number of nitrogens with two attached hydrogens (primary N) is 1. The molecular formula is C11H14N4. The van der Waals surface area contributed by atoms with E-state index < -0.39 is 0 Å². The van der Waals surface area contributed by atoms with E-state index in [1.807, 2.05) is 29.8 Å². The molecule has 2 heterocycles. The minimum Gasteiger partial charge on any atom is -0.384 e. The van der Waals surface area contributed by atoms with E-state index in [2.05, 4.69) is 17.0 Å². The summed E-state index contributed by atoms with van der Waals surface area (Å²) in [6.45, 7) is 4.88. The first-order valence-electron chi connectivity index (χ1n) is 4.97. The van der Waals surface area contributed by atoms with Crippen molar-refractivity contribution in [3.8, 4) is 11.3 Å². The highest BCUT2D eigenvalue weighted by atomic mass is 15.3. The first-order valence-corrected chi connectivity index (χ1v) is 4.97. The average molecular weight is 202 g/mol. The second-order valence-electron chi connectivity index (χ2n) is 3.40. The van der Waals surface area contributed by atoms with Crippen LogP contribution < -0.4 is 5.73 Å². The van der Waals surface area contributed by atoms with Crippen molar-refractivity contribution >= 4 is 5.82 Å². The van der Waals surface area contributed by atoms with Crippen LogP contribution in [0, 0.1) is 6.92 Å². The predicted molar refractivity (Wildman–Crippen MR) is 60.3 cm³/mol. The van der Waals surface area contributed by atoms with Crippen LogP contribution >= 0.6 is 0 Å². The van der Waals surface area contributed by atoms with Crippen molar-refractivity contribution in [1.82, 2.24) is 14.8 Å². The van der Waals surface area contributed by atoms with Crippen LogP contribution in [0.3, 0.4) is 0 Å². The third-order valence-electron chi connectivity index (χ3n) is 2.40. The normalized spacial score (nSPS) is 10.5. The third kappa shape index (κ3) is 1.70. The molecule has 0 aromatic carbocycles. The summed E-state index contributed by atoms with van der Waals surface area (Å²) in [5.41, 5.74) is 8.73. The number of pyridine rings is 1. The summed E-state index contributed by atoms with van der Waals surface area (Å²) in [4.78, 5) is 4.24. The van der Waals surface area contributed by atoms with E-state index in [1.165, 1.54) is 0 Å². The van der Waals surface area contributed by atoms with E-state index in [0.29, 0.717) is 5.82 Å². The van der Waals surface area contributed by atoms with Gasteiger partial charge in [-0.2, -0.15) is 5.10 Å². The highest BCUT2D eigenvalue weighted by molar-refractivity contribution is 5.63. The minimum atomic E-state index is 0.554. The number of aryl methyl sites for hydroxylation is 2. The van der Waals surface area contributed by atoms with Crippen LogP contribution in [0.15, 0.2) is 24.4 Å². The van der Waals surface area contributed by atoms with E-state index in [1.54, 1.807) is 6.20 Å². The maximum absolute atomic E-state index is 5.62. The van der Waals surface area contributed by atoms with Crippen LogP contribution in [-0.4, -0.2) is 14.8 Å². The van der Waals surface area contributed by atoms with Crippen LogP contribution in [0.2, 0.25) is 0 Å². The first-order chi connectivity index (χ1) is 7.22. The van der Waals surface area contributed by atoms with Gasteiger partial charge >= 0.3 is 0 Å². The number of anilines is 1. The molecule has 4 heteroatoms. The highest BCUT2D eigenvalue weighted by Gasteiger charge is 2.07. The molecule has 15 heavy (non-hydrogen) atoms. The van der Waals surface area contributed by atoms with Gasteiger partial charge in [-0.15, -0.1) is 0 Å². The van der Waals surface area contributed by atoms with Crippen LogP contribution in [0.5, 0.6) is 0 Å². The molecule has 78 valence electrons. The van der Waals surface area contributed by atoms with Gasteiger partial charge in [-0.1, -0.05) is 0 Å². The zero-order valence-corrected chi connectivity index (χ0v) is 8.94. The van der Waals surface area contributed by atoms with Gasteiger partial charge in [-0.25, -0.2) is 4.98 Å². The Bertz CT molecular complexity index is 473. The fourth-order valence-corrected chi connectivity index (χ4v) is 1.66. The molecular weight excluding hydrogens is 188 g/mol. The van der Waals surface area contributed by atoms with Crippen molar-refractivity contribution in [2.75, 3.05) is 5.73 Å². The molecule has 2 rings (SSSR count). The standard InChI is InChI=1S/C11H14N4/c1-3-15-10(6-7-13-15)9-4-5-11(12)14-8(9)2/h4-7H,3H2,1-2H3,(H2,12,14). The van der Waals surface area contributed by atoms with Gasteiger partial charge in [0.2, 0.25) is 0 Å². The second-order valence-corrected chi connectivity index (χ2v) is 3.40. The zero-order valence-electron chi connectivity index (χ0n) is 8.94. The molecule has 4 nitrogen and oxygen atoms in total. The lowest BCUT2D eigenvalue weighted by molar-refractivity contribution is 0.666. The maximum atomic E-state index is 5.62. The fourth-order valence-electron chi connectivity index (χ4n) is 1.66. The van der Waals surface area contributed by atoms with E-state index in [0.717, 1.165) is 23.5 Å². The minimum absolute atomic E-state index is 0.554. The molecule has 0 radical (unpaired) electrons. The van der Waals surface area contributed by atoms with Crippen molar-refractivity contribution in [3.63, 3.8) is 0 Å². The Morgan fingerprint density at radius 2 is 2.13 bits per heavy atom. The molecule has 0 saturated carbocycles. The predicted octanol–water partition coefficient (Wildman–Crippen LogP) is 1.86. The monoisotopic (exact) mass is 202 g/mol. The Morgan fingerprint density at radius 3 is 2.80 bits per heavy atom. The summed E-state index contributed by atoms with van der Waals surface area (Å²) in [5.74, 6) is 0.554. The van der Waals surface area contributed by atoms with E-state index in [-0.39, 0.29) is 0 Å². The smallest absolute Gasteiger partial charge is 0.123 e. The van der Waals surface area contributed by atoms with Gasteiger partial charge < -0.3 is 5.73 Å². The molecule has 2 aromatic heterocycles. The van der Waals surface area contributed by atoms with E-state index >= 15 is 0 Å². The molecule has 0 amide bonds. The summed E-state index contributed by atoms with van der Waals surface area (Å²) in [7, 11) is 0. The Balaban J connectivity index is 2.54. The summed E-state index contributed by atoms with van der Waals surface area (Å²) in [5, 5.41) is 4.23. The molecule has 2 aromatic rings. The largest absolute Gasteiger partial charge is 0.384 e. The SMILES string of the molecule is CCn1nccc1-c1ccc(N)nc1C. The molecule has 0 atom stereocenters. The summed E-state index contributed by atoms with van der Waals surface area (Å²) in [6.07, 6.45) is 1.80. The average Bonchev–Trinajstić information content (AvgIpc) is 2.65. The highest BCUT2D eigenvalue weighted by Crippen LogP contribution is 2.22. The molecule has 0 fully saturated rings. The molecule has 0 aliphatic heterocycles. The molecule has 0 unspecified atom stereocenters. The van der Waals surface area contributed by atoms with Gasteiger partial charge in [0, 0.05) is 24.0 Å². The number of hydrogen-bond donors (Lipinski definition) is 1. The van der Waals surface area contributed by atoms with Crippen molar-refractivity contribution in [3.05, 3.63) is 30.1 Å². The van der Waals surface area contributed by atoms with Gasteiger partial charge in [0.1, 0.15) is 5.82 Å². The van der Waals surface area contributed by atoms with Gasteiger partial charge in [-0.3, -0.25) is 4.68 Å². The zero-order chi connectivity index (χ0) is 10.8. The van der Waals surface area contributed by atoms with Crippen LogP contribution in [0.25, 0.3) is 11.3 Å². The number of nitrogen functional groups attached to an aromatic ring is 1. The Morgan fingerprint density at radius 1 is 1.33 bits per heavy atom. The van der Waals surface area contributed by atoms with E-state index in [9.17, 15) is 0 Å². The van der Waals surface area contributed by atoms with Crippen molar-refractivity contribution in [2.45, 2.75) is 20.4 Å². The fraction of sp³-hybridized carbons (Fsp3) is 0.273. The number of aromatic nitrogens is 3. The van der Waals surface area contributed by atoms with E-state index in [4.69, 9.17) is 5.73 Å².